The zero-order chi connectivity index (χ0) is 21.7. The fraction of sp³-hybridized carbons (Fsp3) is 0.417. The van der Waals surface area contributed by atoms with Crippen molar-refractivity contribution >= 4 is 17.5 Å². The SMILES string of the molecule is COc1ccc(C)cc1NC(=O)c1ccc(OCC(=O)N2C(C)CCCC2C)cc1. The van der Waals surface area contributed by atoms with Gasteiger partial charge in [-0.2, -0.15) is 0 Å². The molecule has 0 bridgehead atoms. The summed E-state index contributed by atoms with van der Waals surface area (Å²) in [4.78, 5) is 27.1. The number of nitrogens with zero attached hydrogens (tertiary/aromatic N) is 1. The van der Waals surface area contributed by atoms with Crippen molar-refractivity contribution in [3.8, 4) is 11.5 Å². The summed E-state index contributed by atoms with van der Waals surface area (Å²) in [6.45, 7) is 6.13. The quantitative estimate of drug-likeness (QED) is 0.765. The van der Waals surface area contributed by atoms with Gasteiger partial charge in [-0.3, -0.25) is 9.59 Å². The highest BCUT2D eigenvalue weighted by molar-refractivity contribution is 6.05. The number of rotatable bonds is 6. The molecule has 160 valence electrons. The van der Waals surface area contributed by atoms with Gasteiger partial charge >= 0.3 is 0 Å². The molecule has 1 saturated heterocycles. The first-order valence-corrected chi connectivity index (χ1v) is 10.4. The van der Waals surface area contributed by atoms with Crippen LogP contribution in [0.25, 0.3) is 0 Å². The van der Waals surface area contributed by atoms with E-state index in [2.05, 4.69) is 19.2 Å². The number of carbonyl (C=O) groups excluding carboxylic acids is 2. The number of piperidine rings is 1. The number of aryl methyl sites for hydroxylation is 1. The van der Waals surface area contributed by atoms with Crippen molar-refractivity contribution in [2.45, 2.75) is 52.1 Å². The number of hydrogen-bond donors (Lipinski definition) is 1. The summed E-state index contributed by atoms with van der Waals surface area (Å²) in [6, 6.07) is 12.9. The van der Waals surface area contributed by atoms with Gasteiger partial charge in [-0.15, -0.1) is 0 Å². The van der Waals surface area contributed by atoms with Crippen LogP contribution in [-0.4, -0.2) is 42.5 Å². The molecule has 1 heterocycles. The summed E-state index contributed by atoms with van der Waals surface area (Å²) in [5, 5.41) is 2.88. The number of nitrogens with one attached hydrogen (secondary N) is 1. The Morgan fingerprint density at radius 2 is 1.73 bits per heavy atom. The van der Waals surface area contributed by atoms with E-state index in [0.717, 1.165) is 24.8 Å². The third-order valence-corrected chi connectivity index (χ3v) is 5.56. The average molecular weight is 411 g/mol. The Morgan fingerprint density at radius 3 is 2.37 bits per heavy atom. The summed E-state index contributed by atoms with van der Waals surface area (Å²) < 4.78 is 11.0. The summed E-state index contributed by atoms with van der Waals surface area (Å²) in [5.74, 6) is 0.930. The van der Waals surface area contributed by atoms with Gasteiger partial charge in [0.25, 0.3) is 11.8 Å². The fourth-order valence-electron chi connectivity index (χ4n) is 3.95. The van der Waals surface area contributed by atoms with Gasteiger partial charge < -0.3 is 19.7 Å². The van der Waals surface area contributed by atoms with E-state index in [4.69, 9.17) is 9.47 Å². The van der Waals surface area contributed by atoms with Crippen molar-refractivity contribution in [1.82, 2.24) is 4.90 Å². The van der Waals surface area contributed by atoms with Crippen molar-refractivity contribution in [1.29, 1.82) is 0 Å². The van der Waals surface area contributed by atoms with Crippen molar-refractivity contribution in [2.24, 2.45) is 0 Å². The first kappa shape index (κ1) is 21.7. The van der Waals surface area contributed by atoms with Crippen LogP contribution < -0.4 is 14.8 Å². The van der Waals surface area contributed by atoms with Gasteiger partial charge in [0.2, 0.25) is 0 Å². The van der Waals surface area contributed by atoms with E-state index in [9.17, 15) is 9.59 Å². The Kier molecular flexibility index (Phi) is 6.98. The molecule has 30 heavy (non-hydrogen) atoms. The second-order valence-corrected chi connectivity index (χ2v) is 7.90. The lowest BCUT2D eigenvalue weighted by Crippen LogP contribution is -2.49. The molecule has 0 radical (unpaired) electrons. The second-order valence-electron chi connectivity index (χ2n) is 7.90. The molecule has 6 nitrogen and oxygen atoms in total. The number of amides is 2. The number of likely N-dealkylation sites (tertiary alicyclic amines) is 1. The molecule has 1 fully saturated rings. The molecule has 2 unspecified atom stereocenters. The molecule has 1 aliphatic rings. The zero-order valence-corrected chi connectivity index (χ0v) is 18.1. The maximum Gasteiger partial charge on any atom is 0.260 e. The molecule has 6 heteroatoms. The van der Waals surface area contributed by atoms with Gasteiger partial charge in [0, 0.05) is 17.6 Å². The normalized spacial score (nSPS) is 18.6. The zero-order valence-electron chi connectivity index (χ0n) is 18.1. The minimum absolute atomic E-state index is 0.000708. The Hall–Kier alpha value is -3.02. The van der Waals surface area contributed by atoms with Gasteiger partial charge in [-0.25, -0.2) is 0 Å². The lowest BCUT2D eigenvalue weighted by Gasteiger charge is -2.38. The largest absolute Gasteiger partial charge is 0.495 e. The topological polar surface area (TPSA) is 67.9 Å². The third-order valence-electron chi connectivity index (χ3n) is 5.56. The molecule has 0 spiro atoms. The van der Waals surface area contributed by atoms with Crippen LogP contribution in [0.2, 0.25) is 0 Å². The monoisotopic (exact) mass is 410 g/mol. The van der Waals surface area contributed by atoms with Crippen LogP contribution in [0, 0.1) is 6.92 Å². The smallest absolute Gasteiger partial charge is 0.260 e. The van der Waals surface area contributed by atoms with Gasteiger partial charge in [-0.1, -0.05) is 6.07 Å². The lowest BCUT2D eigenvalue weighted by atomic mass is 9.97. The molecule has 2 atom stereocenters. The van der Waals surface area contributed by atoms with Crippen molar-refractivity contribution in [3.63, 3.8) is 0 Å². The average Bonchev–Trinajstić information content (AvgIpc) is 2.72. The summed E-state index contributed by atoms with van der Waals surface area (Å²) in [7, 11) is 1.57. The van der Waals surface area contributed by atoms with Gasteiger partial charge in [0.1, 0.15) is 11.5 Å². The van der Waals surface area contributed by atoms with Crippen molar-refractivity contribution in [3.05, 3.63) is 53.6 Å². The molecule has 0 aromatic heterocycles. The van der Waals surface area contributed by atoms with E-state index in [1.165, 1.54) is 0 Å². The summed E-state index contributed by atoms with van der Waals surface area (Å²) in [5.41, 5.74) is 2.14. The molecule has 0 aliphatic carbocycles. The molecular weight excluding hydrogens is 380 g/mol. The molecule has 2 aromatic carbocycles. The third kappa shape index (κ3) is 5.12. The number of methoxy groups -OCH3 is 1. The van der Waals surface area contributed by atoms with Crippen molar-refractivity contribution < 1.29 is 19.1 Å². The minimum atomic E-state index is -0.238. The van der Waals surface area contributed by atoms with Crippen LogP contribution in [0.3, 0.4) is 0 Å². The Bertz CT molecular complexity index is 885. The molecule has 2 aromatic rings. The lowest BCUT2D eigenvalue weighted by molar-refractivity contribution is -0.139. The first-order valence-electron chi connectivity index (χ1n) is 10.4. The number of ether oxygens (including phenoxy) is 2. The summed E-state index contributed by atoms with van der Waals surface area (Å²) >= 11 is 0. The fourth-order valence-corrected chi connectivity index (χ4v) is 3.95. The van der Waals surface area contributed by atoms with Crippen LogP contribution in [-0.2, 0) is 4.79 Å². The first-order chi connectivity index (χ1) is 14.4. The van der Waals surface area contributed by atoms with Gasteiger partial charge in [-0.05, 0) is 82.0 Å². The van der Waals surface area contributed by atoms with Crippen LogP contribution in [0.5, 0.6) is 11.5 Å². The van der Waals surface area contributed by atoms with Crippen LogP contribution in [0.4, 0.5) is 5.69 Å². The highest BCUT2D eigenvalue weighted by Crippen LogP contribution is 2.26. The van der Waals surface area contributed by atoms with E-state index >= 15 is 0 Å². The predicted octanol–water partition coefficient (Wildman–Crippen LogP) is 4.42. The van der Waals surface area contributed by atoms with Gasteiger partial charge in [0.15, 0.2) is 6.61 Å². The number of carbonyl (C=O) groups is 2. The van der Waals surface area contributed by atoms with Crippen molar-refractivity contribution in [2.75, 3.05) is 19.0 Å². The summed E-state index contributed by atoms with van der Waals surface area (Å²) in [6.07, 6.45) is 3.22. The Balaban J connectivity index is 1.59. The van der Waals surface area contributed by atoms with Crippen LogP contribution in [0.15, 0.2) is 42.5 Å². The Morgan fingerprint density at radius 1 is 1.07 bits per heavy atom. The molecule has 1 aliphatic heterocycles. The van der Waals surface area contributed by atoms with E-state index < -0.39 is 0 Å². The molecule has 1 N–H and O–H groups in total. The maximum absolute atomic E-state index is 12.6. The van der Waals surface area contributed by atoms with E-state index in [0.29, 0.717) is 22.7 Å². The molecule has 3 rings (SSSR count). The van der Waals surface area contributed by atoms with Gasteiger partial charge in [0.05, 0.1) is 12.8 Å². The van der Waals surface area contributed by atoms with Crippen LogP contribution in [0.1, 0.15) is 49.0 Å². The molecule has 2 amide bonds. The van der Waals surface area contributed by atoms with E-state index in [-0.39, 0.29) is 30.5 Å². The molecular formula is C24H30N2O4. The van der Waals surface area contributed by atoms with Crippen LogP contribution >= 0.6 is 0 Å². The second kappa shape index (κ2) is 9.65. The Labute approximate surface area is 178 Å². The molecule has 0 saturated carbocycles. The maximum atomic E-state index is 12.6. The minimum Gasteiger partial charge on any atom is -0.495 e. The van der Waals surface area contributed by atoms with E-state index in [1.807, 2.05) is 30.0 Å². The number of hydrogen-bond acceptors (Lipinski definition) is 4. The number of anilines is 1. The predicted molar refractivity (Wildman–Crippen MR) is 117 cm³/mol. The standard InChI is InChI=1S/C24H30N2O4/c1-16-8-13-22(29-4)21(14-16)25-24(28)19-9-11-20(12-10-19)30-15-23(27)26-17(2)6-5-7-18(26)3/h8-14,17-18H,5-7,15H2,1-4H3,(H,25,28). The number of benzene rings is 2. The van der Waals surface area contributed by atoms with E-state index in [1.54, 1.807) is 31.4 Å². The highest BCUT2D eigenvalue weighted by atomic mass is 16.5. The highest BCUT2D eigenvalue weighted by Gasteiger charge is 2.28.